The van der Waals surface area contributed by atoms with Gasteiger partial charge >= 0.3 is 0 Å². The topological polar surface area (TPSA) is 0 Å². The number of alkyl halides is 2. The van der Waals surface area contributed by atoms with Crippen molar-refractivity contribution in [2.45, 2.75) is 12.6 Å². The maximum absolute atomic E-state index is 11.9. The molecule has 0 rings (SSSR count). The zero-order valence-electron chi connectivity index (χ0n) is 3.82. The van der Waals surface area contributed by atoms with Gasteiger partial charge in [-0.05, 0) is 0 Å². The van der Waals surface area contributed by atoms with E-state index in [9.17, 15) is 4.39 Å². The summed E-state index contributed by atoms with van der Waals surface area (Å²) in [7, 11) is 0. The SMILES string of the molecule is C#CC[C@H](F)CBr. The summed E-state index contributed by atoms with van der Waals surface area (Å²) in [6.45, 7) is 0. The van der Waals surface area contributed by atoms with Crippen LogP contribution < -0.4 is 0 Å². The lowest BCUT2D eigenvalue weighted by Crippen LogP contribution is -1.97. The molecule has 0 N–H and O–H groups in total. The molecule has 0 aromatic rings. The van der Waals surface area contributed by atoms with Crippen molar-refractivity contribution in [3.05, 3.63) is 0 Å². The van der Waals surface area contributed by atoms with Gasteiger partial charge in [0.25, 0.3) is 0 Å². The fourth-order valence-corrected chi connectivity index (χ4v) is 0.411. The molecular weight excluding hydrogens is 159 g/mol. The van der Waals surface area contributed by atoms with Crippen LogP contribution in [0.25, 0.3) is 0 Å². The normalized spacial score (nSPS) is 12.7. The Hall–Kier alpha value is -0.0300. The van der Waals surface area contributed by atoms with Crippen LogP contribution in [-0.2, 0) is 0 Å². The molecule has 0 heterocycles. The lowest BCUT2D eigenvalue weighted by Gasteiger charge is -1.92. The summed E-state index contributed by atoms with van der Waals surface area (Å²) in [4.78, 5) is 0. The van der Waals surface area contributed by atoms with Crippen LogP contribution in [0.1, 0.15) is 6.42 Å². The quantitative estimate of drug-likeness (QED) is 0.431. The van der Waals surface area contributed by atoms with Crippen LogP contribution in [0.15, 0.2) is 0 Å². The Morgan fingerprint density at radius 1 is 1.86 bits per heavy atom. The fraction of sp³-hybridized carbons (Fsp3) is 0.600. The first kappa shape index (κ1) is 6.97. The summed E-state index contributed by atoms with van der Waals surface area (Å²) >= 11 is 2.95. The average Bonchev–Trinajstić information content (AvgIpc) is 1.68. The largest absolute Gasteiger partial charge is 0.246 e. The Morgan fingerprint density at radius 2 is 2.43 bits per heavy atom. The summed E-state index contributed by atoms with van der Waals surface area (Å²) in [5.74, 6) is 2.21. The van der Waals surface area contributed by atoms with Crippen molar-refractivity contribution in [1.29, 1.82) is 0 Å². The van der Waals surface area contributed by atoms with E-state index in [0.717, 1.165) is 0 Å². The third-order valence-electron chi connectivity index (χ3n) is 0.507. The second-order valence-electron chi connectivity index (χ2n) is 1.16. The summed E-state index contributed by atoms with van der Waals surface area (Å²) in [5.41, 5.74) is 0. The first-order valence-electron chi connectivity index (χ1n) is 1.94. The summed E-state index contributed by atoms with van der Waals surface area (Å²) in [5, 5.41) is 0.344. The molecule has 0 radical (unpaired) electrons. The van der Waals surface area contributed by atoms with Crippen LogP contribution in [0.2, 0.25) is 0 Å². The van der Waals surface area contributed by atoms with Crippen LogP contribution in [0.3, 0.4) is 0 Å². The highest BCUT2D eigenvalue weighted by Gasteiger charge is 1.97. The molecule has 0 aliphatic rings. The molecule has 1 atom stereocenters. The maximum atomic E-state index is 11.9. The molecule has 7 heavy (non-hydrogen) atoms. The summed E-state index contributed by atoms with van der Waals surface area (Å²) in [6, 6.07) is 0. The minimum Gasteiger partial charge on any atom is -0.246 e. The molecule has 0 bridgehead atoms. The molecule has 0 aromatic carbocycles. The number of terminal acetylenes is 1. The molecule has 0 nitrogen and oxygen atoms in total. The van der Waals surface area contributed by atoms with E-state index in [-0.39, 0.29) is 6.42 Å². The molecule has 0 unspecified atom stereocenters. The molecule has 40 valence electrons. The monoisotopic (exact) mass is 164 g/mol. The minimum absolute atomic E-state index is 0.214. The van der Waals surface area contributed by atoms with Crippen molar-refractivity contribution >= 4 is 15.9 Å². The van der Waals surface area contributed by atoms with E-state index in [2.05, 4.69) is 21.9 Å². The highest BCUT2D eigenvalue weighted by Crippen LogP contribution is 1.98. The Labute approximate surface area is 51.2 Å². The van der Waals surface area contributed by atoms with E-state index in [1.807, 2.05) is 0 Å². The van der Waals surface area contributed by atoms with Gasteiger partial charge in [-0.1, -0.05) is 15.9 Å². The lowest BCUT2D eigenvalue weighted by molar-refractivity contribution is 0.377. The molecule has 2 heteroatoms. The van der Waals surface area contributed by atoms with Gasteiger partial charge in [-0.15, -0.1) is 12.3 Å². The van der Waals surface area contributed by atoms with Crippen LogP contribution in [0.5, 0.6) is 0 Å². The fourth-order valence-electron chi connectivity index (χ4n) is 0.182. The van der Waals surface area contributed by atoms with Crippen LogP contribution >= 0.6 is 15.9 Å². The molecule has 0 saturated heterocycles. The zero-order chi connectivity index (χ0) is 5.70. The van der Waals surface area contributed by atoms with Gasteiger partial charge in [0.1, 0.15) is 6.17 Å². The highest BCUT2D eigenvalue weighted by atomic mass is 79.9. The van der Waals surface area contributed by atoms with Crippen LogP contribution in [0.4, 0.5) is 4.39 Å². The van der Waals surface area contributed by atoms with Crippen molar-refractivity contribution in [3.63, 3.8) is 0 Å². The highest BCUT2D eigenvalue weighted by molar-refractivity contribution is 9.09. The first-order valence-corrected chi connectivity index (χ1v) is 3.07. The van der Waals surface area contributed by atoms with E-state index in [1.54, 1.807) is 0 Å². The van der Waals surface area contributed by atoms with Gasteiger partial charge in [0, 0.05) is 11.8 Å². The second kappa shape index (κ2) is 4.14. The van der Waals surface area contributed by atoms with E-state index >= 15 is 0 Å². The Kier molecular flexibility index (Phi) is 4.12. The molecule has 0 amide bonds. The van der Waals surface area contributed by atoms with Gasteiger partial charge in [-0.2, -0.15) is 0 Å². The van der Waals surface area contributed by atoms with Crippen molar-refractivity contribution in [1.82, 2.24) is 0 Å². The van der Waals surface area contributed by atoms with Gasteiger partial charge < -0.3 is 0 Å². The van der Waals surface area contributed by atoms with Crippen molar-refractivity contribution in [2.75, 3.05) is 5.33 Å². The van der Waals surface area contributed by atoms with Gasteiger partial charge in [-0.25, -0.2) is 4.39 Å². The zero-order valence-corrected chi connectivity index (χ0v) is 5.41. The predicted molar refractivity (Wildman–Crippen MR) is 32.1 cm³/mol. The molecule has 0 fully saturated rings. The average molecular weight is 165 g/mol. The molecule has 0 aliphatic heterocycles. The van der Waals surface area contributed by atoms with E-state index < -0.39 is 6.17 Å². The second-order valence-corrected chi connectivity index (χ2v) is 1.81. The molecule has 0 saturated carbocycles. The summed E-state index contributed by atoms with van der Waals surface area (Å²) < 4.78 is 11.9. The summed E-state index contributed by atoms with van der Waals surface area (Å²) in [6.07, 6.45) is 4.14. The number of halogens is 2. The lowest BCUT2D eigenvalue weighted by atomic mass is 10.3. The first-order chi connectivity index (χ1) is 3.31. The van der Waals surface area contributed by atoms with Crippen LogP contribution in [0, 0.1) is 12.3 Å². The van der Waals surface area contributed by atoms with E-state index in [1.165, 1.54) is 0 Å². The maximum Gasteiger partial charge on any atom is 0.121 e. The third-order valence-corrected chi connectivity index (χ3v) is 1.21. The van der Waals surface area contributed by atoms with Crippen molar-refractivity contribution < 1.29 is 4.39 Å². The van der Waals surface area contributed by atoms with Crippen molar-refractivity contribution in [2.24, 2.45) is 0 Å². The number of hydrogen-bond donors (Lipinski definition) is 0. The molecular formula is C5H6BrF. The smallest absolute Gasteiger partial charge is 0.121 e. The number of hydrogen-bond acceptors (Lipinski definition) is 0. The van der Waals surface area contributed by atoms with E-state index in [4.69, 9.17) is 6.42 Å². The Morgan fingerprint density at radius 3 is 2.57 bits per heavy atom. The van der Waals surface area contributed by atoms with Crippen LogP contribution in [-0.4, -0.2) is 11.5 Å². The Bertz CT molecular complexity index is 74.6. The third kappa shape index (κ3) is 3.81. The minimum atomic E-state index is -0.870. The van der Waals surface area contributed by atoms with Gasteiger partial charge in [0.05, 0.1) is 0 Å². The number of rotatable bonds is 2. The van der Waals surface area contributed by atoms with E-state index in [0.29, 0.717) is 5.33 Å². The molecule has 0 aromatic heterocycles. The molecule has 0 spiro atoms. The van der Waals surface area contributed by atoms with Gasteiger partial charge in [0.15, 0.2) is 0 Å². The van der Waals surface area contributed by atoms with Gasteiger partial charge in [-0.3, -0.25) is 0 Å². The van der Waals surface area contributed by atoms with Crippen molar-refractivity contribution in [3.8, 4) is 12.3 Å². The Balaban J connectivity index is 3.03. The molecule has 0 aliphatic carbocycles. The predicted octanol–water partition coefficient (Wildman–Crippen LogP) is 1.74. The van der Waals surface area contributed by atoms with Gasteiger partial charge in [0.2, 0.25) is 0 Å². The standard InChI is InChI=1S/C5H6BrF/c1-2-3-5(7)4-6/h1,5H,3-4H2/t5-/m0/s1.